The van der Waals surface area contributed by atoms with Gasteiger partial charge in [0.1, 0.15) is 0 Å². The first-order chi connectivity index (χ1) is 4.54. The Hall–Kier alpha value is -0.220. The van der Waals surface area contributed by atoms with Crippen LogP contribution in [0.25, 0.3) is 0 Å². The van der Waals surface area contributed by atoms with Crippen LogP contribution in [0.3, 0.4) is 0 Å². The van der Waals surface area contributed by atoms with Gasteiger partial charge in [-0.2, -0.15) is 0 Å². The van der Waals surface area contributed by atoms with E-state index in [-0.39, 0.29) is 13.0 Å². The zero-order chi connectivity index (χ0) is 8.20. The molecule has 0 saturated heterocycles. The smallest absolute Gasteiger partial charge is 0.348 e. The van der Waals surface area contributed by atoms with E-state index in [0.29, 0.717) is 0 Å². The van der Waals surface area contributed by atoms with Crippen LogP contribution in [0.15, 0.2) is 0 Å². The van der Waals surface area contributed by atoms with E-state index >= 15 is 0 Å². The molecule has 0 aliphatic rings. The highest BCUT2D eigenvalue weighted by Gasteiger charge is 2.30. The molecular formula is C6H12O3S. The number of rotatable bonds is 3. The van der Waals surface area contributed by atoms with Gasteiger partial charge in [-0.1, -0.05) is 6.92 Å². The number of hydrogen-bond acceptors (Lipinski definition) is 4. The van der Waals surface area contributed by atoms with Crippen molar-refractivity contribution in [2.75, 3.05) is 6.61 Å². The lowest BCUT2D eigenvalue weighted by molar-refractivity contribution is -0.155. The molecule has 0 fully saturated rings. The molecule has 0 aromatic rings. The molecule has 0 aromatic heterocycles. The summed E-state index contributed by atoms with van der Waals surface area (Å²) in [5.41, 5.74) is 0. The van der Waals surface area contributed by atoms with Gasteiger partial charge in [-0.05, 0) is 13.3 Å². The predicted octanol–water partition coefficient (Wildman–Crippen LogP) is 0.578. The van der Waals surface area contributed by atoms with Crippen molar-refractivity contribution in [1.29, 1.82) is 0 Å². The first kappa shape index (κ1) is 9.78. The highest BCUT2D eigenvalue weighted by molar-refractivity contribution is 7.82. The molecular weight excluding hydrogens is 152 g/mol. The van der Waals surface area contributed by atoms with Gasteiger partial charge in [-0.3, -0.25) is 0 Å². The maximum Gasteiger partial charge on any atom is 0.348 e. The first-order valence-corrected chi connectivity index (χ1v) is 3.61. The molecule has 0 bridgehead atoms. The zero-order valence-electron chi connectivity index (χ0n) is 6.13. The Kier molecular flexibility index (Phi) is 3.75. The van der Waals surface area contributed by atoms with E-state index in [0.717, 1.165) is 0 Å². The van der Waals surface area contributed by atoms with Gasteiger partial charge in [-0.25, -0.2) is 4.79 Å². The van der Waals surface area contributed by atoms with Gasteiger partial charge in [-0.15, -0.1) is 12.6 Å². The summed E-state index contributed by atoms with van der Waals surface area (Å²) in [6.07, 6.45) is 0.245. The highest BCUT2D eigenvalue weighted by Crippen LogP contribution is 2.16. The standard InChI is InChI=1S/C6H12O3S/c1-3-6(8,10)5(7)9-4-2/h8,10H,3-4H2,1-2H3. The number of hydrogen-bond donors (Lipinski definition) is 2. The van der Waals surface area contributed by atoms with Crippen LogP contribution < -0.4 is 0 Å². The molecule has 0 amide bonds. The first-order valence-electron chi connectivity index (χ1n) is 3.16. The molecule has 4 heteroatoms. The molecule has 0 aliphatic heterocycles. The van der Waals surface area contributed by atoms with Gasteiger partial charge in [0.2, 0.25) is 4.93 Å². The second-order valence-electron chi connectivity index (χ2n) is 1.89. The Balaban J connectivity index is 3.91. The van der Waals surface area contributed by atoms with E-state index < -0.39 is 10.9 Å². The van der Waals surface area contributed by atoms with Crippen LogP contribution in [0.4, 0.5) is 0 Å². The van der Waals surface area contributed by atoms with Crippen molar-refractivity contribution < 1.29 is 14.6 Å². The summed E-state index contributed by atoms with van der Waals surface area (Å²) in [6.45, 7) is 3.60. The Labute approximate surface area is 65.8 Å². The molecule has 0 radical (unpaired) electrons. The minimum absolute atomic E-state index is 0.245. The summed E-state index contributed by atoms with van der Waals surface area (Å²) in [6, 6.07) is 0. The second-order valence-corrected chi connectivity index (χ2v) is 2.63. The third kappa shape index (κ3) is 2.58. The van der Waals surface area contributed by atoms with E-state index in [2.05, 4.69) is 17.4 Å². The molecule has 10 heavy (non-hydrogen) atoms. The average molecular weight is 164 g/mol. The summed E-state index contributed by atoms with van der Waals surface area (Å²) < 4.78 is 4.53. The molecule has 1 atom stereocenters. The number of carbonyl (C=O) groups excluding carboxylic acids is 1. The summed E-state index contributed by atoms with van der Waals surface area (Å²) in [7, 11) is 0. The van der Waals surface area contributed by atoms with E-state index in [4.69, 9.17) is 5.11 Å². The molecule has 0 heterocycles. The molecule has 0 saturated carbocycles. The molecule has 60 valence electrons. The molecule has 0 aromatic carbocycles. The second kappa shape index (κ2) is 3.83. The Morgan fingerprint density at radius 2 is 2.20 bits per heavy atom. The lowest BCUT2D eigenvalue weighted by Gasteiger charge is -2.16. The Bertz CT molecular complexity index is 122. The third-order valence-electron chi connectivity index (χ3n) is 1.10. The summed E-state index contributed by atoms with van der Waals surface area (Å²) in [5.74, 6) is -0.680. The summed E-state index contributed by atoms with van der Waals surface area (Å²) >= 11 is 3.70. The average Bonchev–Trinajstić information content (AvgIpc) is 1.89. The zero-order valence-corrected chi connectivity index (χ0v) is 7.02. The maximum absolute atomic E-state index is 10.7. The van der Waals surface area contributed by atoms with Crippen LogP contribution in [-0.4, -0.2) is 22.6 Å². The SMILES string of the molecule is CCOC(=O)C(O)(S)CC. The van der Waals surface area contributed by atoms with Crippen molar-refractivity contribution in [3.05, 3.63) is 0 Å². The fourth-order valence-electron chi connectivity index (χ4n) is 0.391. The summed E-state index contributed by atoms with van der Waals surface area (Å²) in [5, 5.41) is 9.11. The molecule has 1 unspecified atom stereocenters. The van der Waals surface area contributed by atoms with E-state index in [9.17, 15) is 4.79 Å². The summed E-state index contributed by atoms with van der Waals surface area (Å²) in [4.78, 5) is 9.13. The van der Waals surface area contributed by atoms with Gasteiger partial charge >= 0.3 is 5.97 Å². The number of thiol groups is 1. The third-order valence-corrected chi connectivity index (χ3v) is 1.59. The highest BCUT2D eigenvalue weighted by atomic mass is 32.1. The van der Waals surface area contributed by atoms with Crippen molar-refractivity contribution in [3.63, 3.8) is 0 Å². The largest absolute Gasteiger partial charge is 0.463 e. The Morgan fingerprint density at radius 3 is 2.50 bits per heavy atom. The van der Waals surface area contributed by atoms with Gasteiger partial charge in [0.05, 0.1) is 6.61 Å². The number of esters is 1. The van der Waals surface area contributed by atoms with E-state index in [1.54, 1.807) is 13.8 Å². The number of carbonyl (C=O) groups is 1. The van der Waals surface area contributed by atoms with Crippen LogP contribution in [0.1, 0.15) is 20.3 Å². The van der Waals surface area contributed by atoms with Gasteiger partial charge < -0.3 is 9.84 Å². The van der Waals surface area contributed by atoms with Crippen molar-refractivity contribution in [1.82, 2.24) is 0 Å². The van der Waals surface area contributed by atoms with E-state index in [1.807, 2.05) is 0 Å². The number of aliphatic hydroxyl groups is 1. The number of ether oxygens (including phenoxy) is 1. The van der Waals surface area contributed by atoms with Gasteiger partial charge in [0, 0.05) is 0 Å². The maximum atomic E-state index is 10.7. The molecule has 0 aliphatic carbocycles. The minimum Gasteiger partial charge on any atom is -0.463 e. The fourth-order valence-corrected chi connectivity index (χ4v) is 0.456. The molecule has 3 nitrogen and oxygen atoms in total. The minimum atomic E-state index is -1.62. The fraction of sp³-hybridized carbons (Fsp3) is 0.833. The van der Waals surface area contributed by atoms with Crippen molar-refractivity contribution in [2.45, 2.75) is 25.2 Å². The lowest BCUT2D eigenvalue weighted by Crippen LogP contribution is -2.33. The normalized spacial score (nSPS) is 16.0. The van der Waals surface area contributed by atoms with Crippen molar-refractivity contribution >= 4 is 18.6 Å². The van der Waals surface area contributed by atoms with Crippen LogP contribution in [-0.2, 0) is 9.53 Å². The Morgan fingerprint density at radius 1 is 1.70 bits per heavy atom. The van der Waals surface area contributed by atoms with Crippen molar-refractivity contribution in [2.24, 2.45) is 0 Å². The topological polar surface area (TPSA) is 46.5 Å². The van der Waals surface area contributed by atoms with Crippen LogP contribution in [0, 0.1) is 0 Å². The van der Waals surface area contributed by atoms with Crippen molar-refractivity contribution in [3.8, 4) is 0 Å². The van der Waals surface area contributed by atoms with Crippen LogP contribution >= 0.6 is 12.6 Å². The molecule has 0 rings (SSSR count). The van der Waals surface area contributed by atoms with Crippen LogP contribution in [0.5, 0.6) is 0 Å². The molecule has 0 spiro atoms. The lowest BCUT2D eigenvalue weighted by atomic mass is 10.3. The predicted molar refractivity (Wildman–Crippen MR) is 40.9 cm³/mol. The quantitative estimate of drug-likeness (QED) is 0.364. The monoisotopic (exact) mass is 164 g/mol. The van der Waals surface area contributed by atoms with Gasteiger partial charge in [0.25, 0.3) is 0 Å². The van der Waals surface area contributed by atoms with E-state index in [1.165, 1.54) is 0 Å². The van der Waals surface area contributed by atoms with Gasteiger partial charge in [0.15, 0.2) is 0 Å². The van der Waals surface area contributed by atoms with Crippen LogP contribution in [0.2, 0.25) is 0 Å². The molecule has 1 N–H and O–H groups in total.